The number of aryl methyl sites for hydroxylation is 1. The van der Waals surface area contributed by atoms with Crippen LogP contribution in [-0.2, 0) is 11.8 Å². The zero-order valence-electron chi connectivity index (χ0n) is 15.7. The first-order valence-electron chi connectivity index (χ1n) is 9.25. The highest BCUT2D eigenvalue weighted by molar-refractivity contribution is 14.0. The molecule has 1 N–H and O–H groups in total. The van der Waals surface area contributed by atoms with Gasteiger partial charge in [0.1, 0.15) is 6.10 Å². The molecule has 26 heavy (non-hydrogen) atoms. The van der Waals surface area contributed by atoms with E-state index in [1.807, 2.05) is 31.2 Å². The summed E-state index contributed by atoms with van der Waals surface area (Å²) in [4.78, 5) is 12.0. The Labute approximate surface area is 172 Å². The summed E-state index contributed by atoms with van der Waals surface area (Å²) in [6, 6.07) is 0.592. The van der Waals surface area contributed by atoms with Crippen LogP contribution in [0.2, 0.25) is 0 Å². The third-order valence-corrected chi connectivity index (χ3v) is 5.56. The molecule has 5 heterocycles. The zero-order chi connectivity index (χ0) is 17.2. The fraction of sp³-hybridized carbons (Fsp3) is 0.765. The number of guanidine groups is 1. The van der Waals surface area contributed by atoms with Gasteiger partial charge in [-0.1, -0.05) is 0 Å². The van der Waals surface area contributed by atoms with Crippen LogP contribution < -0.4 is 5.32 Å². The van der Waals surface area contributed by atoms with Gasteiger partial charge in [-0.2, -0.15) is 5.10 Å². The Morgan fingerprint density at radius 1 is 1.27 bits per heavy atom. The molecule has 1 aromatic heterocycles. The first kappa shape index (κ1) is 19.8. The van der Waals surface area contributed by atoms with Gasteiger partial charge in [-0.25, -0.2) is 0 Å². The molecule has 2 bridgehead atoms. The van der Waals surface area contributed by atoms with E-state index in [-0.39, 0.29) is 30.1 Å². The SMILES string of the molecule is CN=C(NCC1CN2CCN1CC2)N1CCOC(c2cnn(C)c2)C1.I. The van der Waals surface area contributed by atoms with Crippen molar-refractivity contribution >= 4 is 29.9 Å². The monoisotopic (exact) mass is 475 g/mol. The Morgan fingerprint density at radius 3 is 2.69 bits per heavy atom. The number of fused-ring (bicyclic) bond motifs is 3. The van der Waals surface area contributed by atoms with Crippen molar-refractivity contribution in [3.8, 4) is 0 Å². The highest BCUT2D eigenvalue weighted by Gasteiger charge is 2.32. The molecule has 9 heteroatoms. The maximum atomic E-state index is 5.94. The average molecular weight is 475 g/mol. The molecular formula is C17H30IN7O. The molecule has 0 aromatic carbocycles. The highest BCUT2D eigenvalue weighted by Crippen LogP contribution is 2.21. The summed E-state index contributed by atoms with van der Waals surface area (Å²) in [5.74, 6) is 0.981. The van der Waals surface area contributed by atoms with Crippen molar-refractivity contribution in [3.05, 3.63) is 18.0 Å². The molecule has 1 aromatic rings. The van der Waals surface area contributed by atoms with Crippen LogP contribution in [0.5, 0.6) is 0 Å². The number of aromatic nitrogens is 2. The second-order valence-corrected chi connectivity index (χ2v) is 7.17. The second-order valence-electron chi connectivity index (χ2n) is 7.17. The fourth-order valence-electron chi connectivity index (χ4n) is 4.11. The summed E-state index contributed by atoms with van der Waals surface area (Å²) >= 11 is 0. The molecule has 146 valence electrons. The van der Waals surface area contributed by atoms with Crippen LogP contribution in [0.1, 0.15) is 11.7 Å². The molecule has 4 saturated heterocycles. The molecule has 0 aliphatic carbocycles. The Bertz CT molecular complexity index is 614. The second kappa shape index (κ2) is 8.85. The average Bonchev–Trinajstić information content (AvgIpc) is 3.10. The van der Waals surface area contributed by atoms with E-state index < -0.39 is 0 Å². The number of ether oxygens (including phenoxy) is 1. The number of nitrogens with zero attached hydrogens (tertiary/aromatic N) is 6. The van der Waals surface area contributed by atoms with E-state index in [0.717, 1.165) is 31.2 Å². The largest absolute Gasteiger partial charge is 0.370 e. The predicted molar refractivity (Wildman–Crippen MR) is 112 cm³/mol. The molecule has 0 amide bonds. The quantitative estimate of drug-likeness (QED) is 0.377. The van der Waals surface area contributed by atoms with Gasteiger partial charge in [0.15, 0.2) is 5.96 Å². The Kier molecular flexibility index (Phi) is 6.76. The number of morpholine rings is 1. The van der Waals surface area contributed by atoms with Gasteiger partial charge in [0.2, 0.25) is 0 Å². The van der Waals surface area contributed by atoms with Crippen molar-refractivity contribution in [2.75, 3.05) is 66.0 Å². The molecule has 2 atom stereocenters. The van der Waals surface area contributed by atoms with Crippen LogP contribution in [-0.4, -0.2) is 102 Å². The van der Waals surface area contributed by atoms with Crippen LogP contribution in [0.25, 0.3) is 0 Å². The third-order valence-electron chi connectivity index (χ3n) is 5.56. The van der Waals surface area contributed by atoms with Crippen molar-refractivity contribution < 1.29 is 4.74 Å². The van der Waals surface area contributed by atoms with Gasteiger partial charge in [0.25, 0.3) is 0 Å². The summed E-state index contributed by atoms with van der Waals surface area (Å²) < 4.78 is 7.77. The molecule has 0 spiro atoms. The maximum Gasteiger partial charge on any atom is 0.193 e. The van der Waals surface area contributed by atoms with E-state index in [9.17, 15) is 0 Å². The maximum absolute atomic E-state index is 5.94. The Balaban J connectivity index is 0.00000196. The lowest BCUT2D eigenvalue weighted by Gasteiger charge is -2.47. The summed E-state index contributed by atoms with van der Waals surface area (Å²) in [5.41, 5.74) is 1.13. The minimum atomic E-state index is 0. The molecule has 4 aliphatic rings. The zero-order valence-corrected chi connectivity index (χ0v) is 18.0. The van der Waals surface area contributed by atoms with Gasteiger partial charge in [-0.3, -0.25) is 19.5 Å². The summed E-state index contributed by atoms with van der Waals surface area (Å²) in [7, 11) is 3.81. The lowest BCUT2D eigenvalue weighted by Crippen LogP contribution is -2.64. The Hall–Kier alpha value is -0.910. The van der Waals surface area contributed by atoms with Crippen molar-refractivity contribution in [2.24, 2.45) is 12.0 Å². The molecule has 2 unspecified atom stereocenters. The van der Waals surface area contributed by atoms with Gasteiger partial charge in [-0.15, -0.1) is 24.0 Å². The van der Waals surface area contributed by atoms with E-state index in [4.69, 9.17) is 4.74 Å². The van der Waals surface area contributed by atoms with Crippen molar-refractivity contribution in [1.29, 1.82) is 0 Å². The smallest absolute Gasteiger partial charge is 0.193 e. The van der Waals surface area contributed by atoms with Crippen LogP contribution in [0.3, 0.4) is 0 Å². The van der Waals surface area contributed by atoms with Crippen LogP contribution in [0.4, 0.5) is 0 Å². The van der Waals surface area contributed by atoms with Crippen LogP contribution in [0, 0.1) is 0 Å². The van der Waals surface area contributed by atoms with Gasteiger partial charge in [0, 0.05) is 77.7 Å². The number of piperazine rings is 3. The first-order chi connectivity index (χ1) is 12.2. The number of hydrogen-bond donors (Lipinski definition) is 1. The number of aliphatic imine (C=N–C) groups is 1. The van der Waals surface area contributed by atoms with Gasteiger partial charge in [-0.05, 0) is 0 Å². The fourth-order valence-corrected chi connectivity index (χ4v) is 4.11. The normalized spacial score (nSPS) is 31.6. The van der Waals surface area contributed by atoms with Crippen molar-refractivity contribution in [1.82, 2.24) is 29.8 Å². The van der Waals surface area contributed by atoms with E-state index in [2.05, 4.69) is 30.1 Å². The van der Waals surface area contributed by atoms with Crippen molar-refractivity contribution in [2.45, 2.75) is 12.1 Å². The number of rotatable bonds is 3. The minimum absolute atomic E-state index is 0. The van der Waals surface area contributed by atoms with E-state index in [1.54, 1.807) is 0 Å². The van der Waals surface area contributed by atoms with Gasteiger partial charge in [0.05, 0.1) is 19.3 Å². The van der Waals surface area contributed by atoms with Crippen LogP contribution in [0.15, 0.2) is 17.4 Å². The van der Waals surface area contributed by atoms with Crippen LogP contribution >= 0.6 is 24.0 Å². The molecular weight excluding hydrogens is 445 g/mol. The molecule has 4 fully saturated rings. The van der Waals surface area contributed by atoms with Crippen molar-refractivity contribution in [3.63, 3.8) is 0 Å². The molecule has 5 rings (SSSR count). The van der Waals surface area contributed by atoms with Gasteiger partial charge >= 0.3 is 0 Å². The summed E-state index contributed by atoms with van der Waals surface area (Å²) in [6.45, 7) is 9.37. The number of nitrogens with one attached hydrogen (secondary N) is 1. The van der Waals surface area contributed by atoms with E-state index in [1.165, 1.54) is 32.7 Å². The third kappa shape index (κ3) is 4.32. The standard InChI is InChI=1S/C17H29N7O.HI/c1-18-17(19-10-15-12-22-3-5-23(15)6-4-22)24-7-8-25-16(13-24)14-9-20-21(2)11-14;/h9,11,15-16H,3-8,10,12-13H2,1-2H3,(H,18,19);1H. The first-order valence-corrected chi connectivity index (χ1v) is 9.25. The predicted octanol–water partition coefficient (Wildman–Crippen LogP) is -0.0134. The topological polar surface area (TPSA) is 61.2 Å². The Morgan fingerprint density at radius 2 is 2.08 bits per heavy atom. The highest BCUT2D eigenvalue weighted by atomic mass is 127. The number of halogens is 1. The summed E-state index contributed by atoms with van der Waals surface area (Å²) in [6.07, 6.45) is 3.98. The lowest BCUT2D eigenvalue weighted by atomic mass is 10.1. The molecule has 4 aliphatic heterocycles. The minimum Gasteiger partial charge on any atom is -0.370 e. The molecule has 8 nitrogen and oxygen atoms in total. The molecule has 0 radical (unpaired) electrons. The molecule has 0 saturated carbocycles. The summed E-state index contributed by atoms with van der Waals surface area (Å²) in [5, 5.41) is 7.87. The lowest BCUT2D eigenvalue weighted by molar-refractivity contribution is -0.00900. The van der Waals surface area contributed by atoms with Gasteiger partial charge < -0.3 is 15.0 Å². The number of hydrogen-bond acceptors (Lipinski definition) is 5. The van der Waals surface area contributed by atoms with E-state index in [0.29, 0.717) is 12.6 Å². The van der Waals surface area contributed by atoms with E-state index >= 15 is 0 Å².